The summed E-state index contributed by atoms with van der Waals surface area (Å²) in [5.74, 6) is 1.66. The molecule has 5 heterocycles. The largest absolute Gasteiger partial charge is 0.396 e. The number of morpholine rings is 1. The molecule has 4 aromatic heterocycles. The zero-order valence-corrected chi connectivity index (χ0v) is 15.8. The number of pyridine rings is 1. The van der Waals surface area contributed by atoms with E-state index in [4.69, 9.17) is 19.9 Å². The van der Waals surface area contributed by atoms with Crippen LogP contribution in [0.4, 0.5) is 5.82 Å². The standard InChI is InChI=1S/C20H21N7O2/c28-10-4-16-3-7-26(23-16)18-14-20(25-8-11-29-12-9-25)27-19(22-18)13-17(24-27)15-1-5-21-6-2-15/h1-3,5-7,13-14,28H,4,8-12H2. The van der Waals surface area contributed by atoms with Gasteiger partial charge < -0.3 is 14.7 Å². The van der Waals surface area contributed by atoms with Crippen LogP contribution < -0.4 is 4.90 Å². The van der Waals surface area contributed by atoms with Gasteiger partial charge in [0.1, 0.15) is 5.82 Å². The summed E-state index contributed by atoms with van der Waals surface area (Å²) in [5, 5.41) is 18.5. The van der Waals surface area contributed by atoms with Gasteiger partial charge in [0.05, 0.1) is 24.6 Å². The Balaban J connectivity index is 1.64. The SMILES string of the molecule is OCCc1ccn(-c2cc(N3CCOCC3)n3nc(-c4ccncc4)cc3n2)n1. The predicted octanol–water partition coefficient (Wildman–Crippen LogP) is 1.35. The summed E-state index contributed by atoms with van der Waals surface area (Å²) < 4.78 is 9.14. The van der Waals surface area contributed by atoms with E-state index in [9.17, 15) is 0 Å². The first-order valence-electron chi connectivity index (χ1n) is 9.61. The Labute approximate surface area is 167 Å². The van der Waals surface area contributed by atoms with Gasteiger partial charge >= 0.3 is 0 Å². The van der Waals surface area contributed by atoms with Gasteiger partial charge in [-0.25, -0.2) is 9.67 Å². The van der Waals surface area contributed by atoms with E-state index >= 15 is 0 Å². The number of hydrogen-bond donors (Lipinski definition) is 1. The van der Waals surface area contributed by atoms with Crippen LogP contribution in [0.1, 0.15) is 5.69 Å². The summed E-state index contributed by atoms with van der Waals surface area (Å²) in [6.45, 7) is 3.01. The Morgan fingerprint density at radius 2 is 1.86 bits per heavy atom. The van der Waals surface area contributed by atoms with Crippen LogP contribution in [0.3, 0.4) is 0 Å². The zero-order valence-electron chi connectivity index (χ0n) is 15.8. The fourth-order valence-electron chi connectivity index (χ4n) is 3.48. The Kier molecular flexibility index (Phi) is 4.66. The summed E-state index contributed by atoms with van der Waals surface area (Å²) in [6, 6.07) is 9.74. The van der Waals surface area contributed by atoms with Crippen molar-refractivity contribution in [2.24, 2.45) is 0 Å². The summed E-state index contributed by atoms with van der Waals surface area (Å²) in [5.41, 5.74) is 3.40. The number of aliphatic hydroxyl groups is 1. The molecule has 1 fully saturated rings. The molecule has 1 saturated heterocycles. The van der Waals surface area contributed by atoms with Crippen LogP contribution in [0.5, 0.6) is 0 Å². The second-order valence-corrected chi connectivity index (χ2v) is 6.83. The number of ether oxygens (including phenoxy) is 1. The molecule has 148 valence electrons. The third-order valence-electron chi connectivity index (χ3n) is 4.95. The number of rotatable bonds is 5. The number of anilines is 1. The van der Waals surface area contributed by atoms with Crippen LogP contribution in [0.15, 0.2) is 48.9 Å². The molecule has 0 radical (unpaired) electrons. The lowest BCUT2D eigenvalue weighted by atomic mass is 10.2. The average Bonchev–Trinajstić information content (AvgIpc) is 3.42. The van der Waals surface area contributed by atoms with Crippen LogP contribution in [0.2, 0.25) is 0 Å². The van der Waals surface area contributed by atoms with Crippen molar-refractivity contribution in [3.63, 3.8) is 0 Å². The van der Waals surface area contributed by atoms with E-state index in [1.807, 2.05) is 41.0 Å². The molecular weight excluding hydrogens is 370 g/mol. The normalized spacial score (nSPS) is 14.6. The second-order valence-electron chi connectivity index (χ2n) is 6.83. The van der Waals surface area contributed by atoms with Crippen molar-refractivity contribution in [2.75, 3.05) is 37.8 Å². The van der Waals surface area contributed by atoms with Crippen molar-refractivity contribution >= 4 is 11.5 Å². The first kappa shape index (κ1) is 17.8. The first-order chi connectivity index (χ1) is 14.3. The molecule has 0 saturated carbocycles. The molecule has 4 aromatic rings. The molecule has 0 atom stereocenters. The summed E-state index contributed by atoms with van der Waals surface area (Å²) in [6.07, 6.45) is 5.90. The van der Waals surface area contributed by atoms with Crippen molar-refractivity contribution in [3.05, 3.63) is 54.6 Å². The van der Waals surface area contributed by atoms with E-state index in [-0.39, 0.29) is 6.61 Å². The van der Waals surface area contributed by atoms with Crippen LogP contribution in [-0.2, 0) is 11.2 Å². The second kappa shape index (κ2) is 7.61. The fraction of sp³-hybridized carbons (Fsp3) is 0.300. The molecule has 0 amide bonds. The molecule has 0 spiro atoms. The highest BCUT2D eigenvalue weighted by molar-refractivity contribution is 5.66. The van der Waals surface area contributed by atoms with Crippen LogP contribution in [0.25, 0.3) is 22.7 Å². The summed E-state index contributed by atoms with van der Waals surface area (Å²) >= 11 is 0. The van der Waals surface area contributed by atoms with Crippen molar-refractivity contribution < 1.29 is 9.84 Å². The lowest BCUT2D eigenvalue weighted by Crippen LogP contribution is -2.37. The van der Waals surface area contributed by atoms with Crippen molar-refractivity contribution in [1.29, 1.82) is 0 Å². The topological polar surface area (TPSA) is 93.6 Å². The van der Waals surface area contributed by atoms with Crippen LogP contribution >= 0.6 is 0 Å². The van der Waals surface area contributed by atoms with E-state index in [0.29, 0.717) is 25.5 Å². The lowest BCUT2D eigenvalue weighted by Gasteiger charge is -2.29. The number of aliphatic hydroxyl groups excluding tert-OH is 1. The minimum atomic E-state index is 0.0699. The van der Waals surface area contributed by atoms with Gasteiger partial charge in [-0.3, -0.25) is 4.98 Å². The lowest BCUT2D eigenvalue weighted by molar-refractivity contribution is 0.122. The van der Waals surface area contributed by atoms with E-state index in [0.717, 1.165) is 41.5 Å². The number of hydrogen-bond acceptors (Lipinski definition) is 7. The molecule has 9 heteroatoms. The van der Waals surface area contributed by atoms with Gasteiger partial charge in [0.25, 0.3) is 0 Å². The van der Waals surface area contributed by atoms with Gasteiger partial charge in [-0.05, 0) is 18.2 Å². The summed E-state index contributed by atoms with van der Waals surface area (Å²) in [7, 11) is 0. The quantitative estimate of drug-likeness (QED) is 0.549. The van der Waals surface area contributed by atoms with Gasteiger partial charge in [-0.2, -0.15) is 14.7 Å². The van der Waals surface area contributed by atoms with Crippen molar-refractivity contribution in [2.45, 2.75) is 6.42 Å². The maximum atomic E-state index is 9.17. The van der Waals surface area contributed by atoms with Crippen molar-refractivity contribution in [3.8, 4) is 17.1 Å². The van der Waals surface area contributed by atoms with E-state index in [1.54, 1.807) is 17.1 Å². The molecule has 29 heavy (non-hydrogen) atoms. The Bertz CT molecular complexity index is 1120. The molecule has 5 rings (SSSR count). The predicted molar refractivity (Wildman–Crippen MR) is 107 cm³/mol. The molecular formula is C20H21N7O2. The molecule has 0 bridgehead atoms. The van der Waals surface area contributed by atoms with Gasteiger partial charge in [0, 0.05) is 62.4 Å². The molecule has 1 aliphatic rings. The molecule has 0 unspecified atom stereocenters. The first-order valence-corrected chi connectivity index (χ1v) is 9.61. The molecule has 1 N–H and O–H groups in total. The highest BCUT2D eigenvalue weighted by Gasteiger charge is 2.19. The number of fused-ring (bicyclic) bond motifs is 1. The van der Waals surface area contributed by atoms with E-state index in [1.165, 1.54) is 0 Å². The van der Waals surface area contributed by atoms with Gasteiger partial charge in [0.15, 0.2) is 11.5 Å². The molecule has 0 aromatic carbocycles. The number of aromatic nitrogens is 6. The van der Waals surface area contributed by atoms with Crippen LogP contribution in [0, 0.1) is 0 Å². The maximum absolute atomic E-state index is 9.17. The third kappa shape index (κ3) is 3.45. The minimum absolute atomic E-state index is 0.0699. The average molecular weight is 391 g/mol. The van der Waals surface area contributed by atoms with Gasteiger partial charge in [-0.15, -0.1) is 0 Å². The van der Waals surface area contributed by atoms with Crippen LogP contribution in [-0.4, -0.2) is 67.4 Å². The van der Waals surface area contributed by atoms with Gasteiger partial charge in [0.2, 0.25) is 0 Å². The number of nitrogens with zero attached hydrogens (tertiary/aromatic N) is 7. The van der Waals surface area contributed by atoms with E-state index < -0.39 is 0 Å². The van der Waals surface area contributed by atoms with Gasteiger partial charge in [-0.1, -0.05) is 0 Å². The highest BCUT2D eigenvalue weighted by atomic mass is 16.5. The highest BCUT2D eigenvalue weighted by Crippen LogP contribution is 2.25. The molecule has 0 aliphatic carbocycles. The van der Waals surface area contributed by atoms with E-state index in [2.05, 4.69) is 15.0 Å². The summed E-state index contributed by atoms with van der Waals surface area (Å²) in [4.78, 5) is 11.1. The third-order valence-corrected chi connectivity index (χ3v) is 4.95. The maximum Gasteiger partial charge on any atom is 0.160 e. The fourth-order valence-corrected chi connectivity index (χ4v) is 3.48. The molecule has 9 nitrogen and oxygen atoms in total. The zero-order chi connectivity index (χ0) is 19.6. The monoisotopic (exact) mass is 391 g/mol. The smallest absolute Gasteiger partial charge is 0.160 e. The Morgan fingerprint density at radius 3 is 2.66 bits per heavy atom. The van der Waals surface area contributed by atoms with Crippen molar-refractivity contribution in [1.82, 2.24) is 29.4 Å². The Morgan fingerprint density at radius 1 is 1.03 bits per heavy atom. The minimum Gasteiger partial charge on any atom is -0.396 e. The Hall–Kier alpha value is -3.30. The molecule has 1 aliphatic heterocycles.